The van der Waals surface area contributed by atoms with Crippen molar-refractivity contribution >= 4 is 0 Å². The number of rotatable bonds is 6. The molecule has 18 heavy (non-hydrogen) atoms. The highest BCUT2D eigenvalue weighted by Crippen LogP contribution is 1.95. The van der Waals surface area contributed by atoms with Crippen molar-refractivity contribution < 1.29 is 0 Å². The van der Waals surface area contributed by atoms with Crippen molar-refractivity contribution in [2.45, 2.75) is 26.3 Å². The maximum atomic E-state index is 3.35. The van der Waals surface area contributed by atoms with E-state index in [1.807, 2.05) is 30.3 Å². The van der Waals surface area contributed by atoms with E-state index in [1.165, 1.54) is 6.42 Å². The molecule has 0 aliphatic heterocycles. The first-order valence-corrected chi connectivity index (χ1v) is 6.65. The van der Waals surface area contributed by atoms with Crippen molar-refractivity contribution in [3.8, 4) is 11.8 Å². The van der Waals surface area contributed by atoms with Gasteiger partial charge in [0.25, 0.3) is 0 Å². The van der Waals surface area contributed by atoms with Crippen molar-refractivity contribution in [3.05, 3.63) is 35.9 Å². The molecule has 0 atom stereocenters. The van der Waals surface area contributed by atoms with Gasteiger partial charge in [-0.2, -0.15) is 0 Å². The highest BCUT2D eigenvalue weighted by Gasteiger charge is 2.00. The van der Waals surface area contributed by atoms with E-state index >= 15 is 0 Å². The second kappa shape index (κ2) is 8.74. The molecule has 0 unspecified atom stereocenters. The van der Waals surface area contributed by atoms with Crippen LogP contribution in [0.2, 0.25) is 0 Å². The molecule has 98 valence electrons. The van der Waals surface area contributed by atoms with E-state index in [2.05, 4.69) is 43.0 Å². The maximum absolute atomic E-state index is 3.35. The lowest BCUT2D eigenvalue weighted by Gasteiger charge is -2.20. The fourth-order valence-corrected chi connectivity index (χ4v) is 1.53. The lowest BCUT2D eigenvalue weighted by Crippen LogP contribution is -2.29. The third-order valence-electron chi connectivity index (χ3n) is 2.97. The summed E-state index contributed by atoms with van der Waals surface area (Å²) in [6.45, 7) is 7.37. The fourth-order valence-electron chi connectivity index (χ4n) is 1.53. The Morgan fingerprint density at radius 2 is 1.94 bits per heavy atom. The van der Waals surface area contributed by atoms with Gasteiger partial charge >= 0.3 is 0 Å². The average Bonchev–Trinajstić information content (AvgIpc) is 2.38. The molecule has 1 N–H and O–H groups in total. The fraction of sp³-hybridized carbons (Fsp3) is 0.500. The first-order chi connectivity index (χ1) is 8.70. The van der Waals surface area contributed by atoms with Crippen molar-refractivity contribution in [1.29, 1.82) is 0 Å². The van der Waals surface area contributed by atoms with Gasteiger partial charge in [0.1, 0.15) is 0 Å². The molecule has 0 heterocycles. The number of hydrogen-bond acceptors (Lipinski definition) is 2. The molecule has 0 bridgehead atoms. The number of benzene rings is 1. The van der Waals surface area contributed by atoms with E-state index in [9.17, 15) is 0 Å². The Balaban J connectivity index is 2.08. The number of hydrogen-bond donors (Lipinski definition) is 1. The molecule has 0 saturated carbocycles. The standard InChI is InChI=1S/C16H24N2/c1-15(2)18(3)14-8-13-17-12-7-11-16-9-5-4-6-10-16/h4-6,9-10,15,17H,8,12-14H2,1-3H3. The van der Waals surface area contributed by atoms with Crippen LogP contribution in [-0.4, -0.2) is 37.6 Å². The minimum atomic E-state index is 0.628. The van der Waals surface area contributed by atoms with Crippen LogP contribution in [-0.2, 0) is 0 Å². The van der Waals surface area contributed by atoms with Gasteiger partial charge in [-0.15, -0.1) is 0 Å². The molecule has 1 aromatic carbocycles. The topological polar surface area (TPSA) is 15.3 Å². The molecule has 0 radical (unpaired) electrons. The molecule has 0 amide bonds. The Bertz CT molecular complexity index is 373. The summed E-state index contributed by atoms with van der Waals surface area (Å²) in [4.78, 5) is 2.36. The van der Waals surface area contributed by atoms with Crippen LogP contribution in [0, 0.1) is 11.8 Å². The Hall–Kier alpha value is -1.30. The van der Waals surface area contributed by atoms with Gasteiger partial charge in [-0.1, -0.05) is 30.0 Å². The monoisotopic (exact) mass is 244 g/mol. The predicted molar refractivity (Wildman–Crippen MR) is 78.6 cm³/mol. The molecule has 0 aromatic heterocycles. The van der Waals surface area contributed by atoms with Gasteiger partial charge < -0.3 is 10.2 Å². The summed E-state index contributed by atoms with van der Waals surface area (Å²) in [5.74, 6) is 6.28. The van der Waals surface area contributed by atoms with Crippen LogP contribution in [0.4, 0.5) is 0 Å². The van der Waals surface area contributed by atoms with Crippen LogP contribution >= 0.6 is 0 Å². The van der Waals surface area contributed by atoms with Gasteiger partial charge in [-0.3, -0.25) is 0 Å². The van der Waals surface area contributed by atoms with E-state index in [4.69, 9.17) is 0 Å². The molecular weight excluding hydrogens is 220 g/mol. The molecule has 1 rings (SSSR count). The van der Waals surface area contributed by atoms with Crippen LogP contribution in [0.3, 0.4) is 0 Å². The zero-order valence-electron chi connectivity index (χ0n) is 11.7. The number of nitrogens with one attached hydrogen (secondary N) is 1. The third-order valence-corrected chi connectivity index (χ3v) is 2.97. The summed E-state index contributed by atoms with van der Waals surface area (Å²) in [5, 5.41) is 3.35. The SMILES string of the molecule is CC(C)N(C)CCCNCC#Cc1ccccc1. The highest BCUT2D eigenvalue weighted by atomic mass is 15.1. The maximum Gasteiger partial charge on any atom is 0.0580 e. The lowest BCUT2D eigenvalue weighted by atomic mass is 10.2. The van der Waals surface area contributed by atoms with Crippen LogP contribution in [0.5, 0.6) is 0 Å². The van der Waals surface area contributed by atoms with E-state index < -0.39 is 0 Å². The first kappa shape index (κ1) is 14.8. The van der Waals surface area contributed by atoms with E-state index in [1.54, 1.807) is 0 Å². The number of nitrogens with zero attached hydrogens (tertiary/aromatic N) is 1. The Labute approximate surface area is 111 Å². The Kier molecular flexibility index (Phi) is 7.17. The summed E-state index contributed by atoms with van der Waals surface area (Å²) < 4.78 is 0. The predicted octanol–water partition coefficient (Wildman–Crippen LogP) is 2.36. The molecule has 0 fully saturated rings. The van der Waals surface area contributed by atoms with E-state index in [0.29, 0.717) is 6.04 Å². The molecule has 2 nitrogen and oxygen atoms in total. The molecule has 0 saturated heterocycles. The highest BCUT2D eigenvalue weighted by molar-refractivity contribution is 5.33. The van der Waals surface area contributed by atoms with Gasteiger partial charge in [0.2, 0.25) is 0 Å². The lowest BCUT2D eigenvalue weighted by molar-refractivity contribution is 0.270. The first-order valence-electron chi connectivity index (χ1n) is 6.65. The van der Waals surface area contributed by atoms with Crippen molar-refractivity contribution in [1.82, 2.24) is 10.2 Å². The van der Waals surface area contributed by atoms with Crippen LogP contribution in [0.15, 0.2) is 30.3 Å². The Morgan fingerprint density at radius 3 is 2.61 bits per heavy atom. The van der Waals surface area contributed by atoms with Crippen LogP contribution < -0.4 is 5.32 Å². The molecule has 0 spiro atoms. The van der Waals surface area contributed by atoms with Gasteiger partial charge in [0, 0.05) is 11.6 Å². The molecule has 0 aliphatic rings. The van der Waals surface area contributed by atoms with Gasteiger partial charge in [0.15, 0.2) is 0 Å². The largest absolute Gasteiger partial charge is 0.306 e. The molecular formula is C16H24N2. The van der Waals surface area contributed by atoms with Crippen molar-refractivity contribution in [2.24, 2.45) is 0 Å². The molecule has 2 heteroatoms. The second-order valence-corrected chi connectivity index (χ2v) is 4.77. The van der Waals surface area contributed by atoms with Gasteiger partial charge in [0.05, 0.1) is 6.54 Å². The summed E-state index contributed by atoms with van der Waals surface area (Å²) in [7, 11) is 2.17. The summed E-state index contributed by atoms with van der Waals surface area (Å²) >= 11 is 0. The minimum Gasteiger partial charge on any atom is -0.306 e. The van der Waals surface area contributed by atoms with Crippen molar-refractivity contribution in [3.63, 3.8) is 0 Å². The normalized spacial score (nSPS) is 10.5. The summed E-state index contributed by atoms with van der Waals surface area (Å²) in [5.41, 5.74) is 1.08. The van der Waals surface area contributed by atoms with Crippen LogP contribution in [0.1, 0.15) is 25.8 Å². The van der Waals surface area contributed by atoms with Gasteiger partial charge in [-0.05, 0) is 52.5 Å². The van der Waals surface area contributed by atoms with E-state index in [0.717, 1.165) is 25.2 Å². The van der Waals surface area contributed by atoms with E-state index in [-0.39, 0.29) is 0 Å². The van der Waals surface area contributed by atoms with Crippen LogP contribution in [0.25, 0.3) is 0 Å². The second-order valence-electron chi connectivity index (χ2n) is 4.77. The van der Waals surface area contributed by atoms with Crippen molar-refractivity contribution in [2.75, 3.05) is 26.7 Å². The molecule has 0 aliphatic carbocycles. The average molecular weight is 244 g/mol. The third kappa shape index (κ3) is 6.44. The van der Waals surface area contributed by atoms with Gasteiger partial charge in [-0.25, -0.2) is 0 Å². The summed E-state index contributed by atoms with van der Waals surface area (Å²) in [6.07, 6.45) is 1.17. The minimum absolute atomic E-state index is 0.628. The Morgan fingerprint density at radius 1 is 1.22 bits per heavy atom. The quantitative estimate of drug-likeness (QED) is 0.610. The smallest absolute Gasteiger partial charge is 0.0580 e. The zero-order chi connectivity index (χ0) is 13.2. The molecule has 1 aromatic rings. The summed E-state index contributed by atoms with van der Waals surface area (Å²) in [6, 6.07) is 10.7. The zero-order valence-corrected chi connectivity index (χ0v) is 11.7.